The first kappa shape index (κ1) is 15.3. The van der Waals surface area contributed by atoms with E-state index in [1.54, 1.807) is 12.1 Å². The van der Waals surface area contributed by atoms with E-state index in [1.165, 1.54) is 13.1 Å². The average Bonchev–Trinajstić information content (AvgIpc) is 2.78. The first-order valence-electron chi connectivity index (χ1n) is 7.21. The van der Waals surface area contributed by atoms with Gasteiger partial charge in [0.2, 0.25) is 0 Å². The number of carbonyl (C=O) groups excluding carboxylic acids is 1. The number of nitrogens with one attached hydrogen (secondary N) is 2. The fourth-order valence-corrected chi connectivity index (χ4v) is 2.86. The van der Waals surface area contributed by atoms with Crippen LogP contribution in [0.3, 0.4) is 0 Å². The Bertz CT molecular complexity index is 559. The van der Waals surface area contributed by atoms with E-state index in [4.69, 9.17) is 0 Å². The Morgan fingerprint density at radius 3 is 2.57 bits per heavy atom. The summed E-state index contributed by atoms with van der Waals surface area (Å²) in [6.07, 6.45) is 2.14. The number of nitro benzene ring substituents is 1. The molecule has 114 valence electrons. The molecule has 21 heavy (non-hydrogen) atoms. The van der Waals surface area contributed by atoms with Crippen molar-refractivity contribution >= 4 is 17.3 Å². The largest absolute Gasteiger partial charge is 0.376 e. The zero-order valence-electron chi connectivity index (χ0n) is 12.6. The molecular formula is C15H21N3O3. The molecule has 0 heterocycles. The van der Waals surface area contributed by atoms with Crippen LogP contribution in [0.15, 0.2) is 18.2 Å². The van der Waals surface area contributed by atoms with Crippen molar-refractivity contribution in [3.63, 3.8) is 0 Å². The first-order chi connectivity index (χ1) is 9.93. The van der Waals surface area contributed by atoms with Crippen LogP contribution in [0.5, 0.6) is 0 Å². The maximum atomic E-state index is 11.6. The molecule has 1 aliphatic carbocycles. The second-order valence-corrected chi connectivity index (χ2v) is 5.73. The molecule has 0 aliphatic heterocycles. The van der Waals surface area contributed by atoms with E-state index in [2.05, 4.69) is 24.5 Å². The fraction of sp³-hybridized carbons (Fsp3) is 0.533. The van der Waals surface area contributed by atoms with Crippen molar-refractivity contribution < 1.29 is 9.72 Å². The van der Waals surface area contributed by atoms with Crippen LogP contribution in [0, 0.1) is 22.0 Å². The van der Waals surface area contributed by atoms with E-state index in [-0.39, 0.29) is 17.6 Å². The molecule has 0 radical (unpaired) electrons. The van der Waals surface area contributed by atoms with Crippen LogP contribution in [-0.2, 0) is 0 Å². The molecule has 2 N–H and O–H groups in total. The zero-order chi connectivity index (χ0) is 15.6. The van der Waals surface area contributed by atoms with Crippen molar-refractivity contribution in [3.8, 4) is 0 Å². The van der Waals surface area contributed by atoms with Crippen molar-refractivity contribution in [2.75, 3.05) is 12.4 Å². The van der Waals surface area contributed by atoms with Crippen molar-refractivity contribution in [1.82, 2.24) is 5.32 Å². The van der Waals surface area contributed by atoms with E-state index in [0.29, 0.717) is 23.1 Å². The summed E-state index contributed by atoms with van der Waals surface area (Å²) in [6.45, 7) is 4.37. The van der Waals surface area contributed by atoms with Crippen LogP contribution in [0.2, 0.25) is 0 Å². The maximum Gasteiger partial charge on any atom is 0.293 e. The smallest absolute Gasteiger partial charge is 0.293 e. The van der Waals surface area contributed by atoms with Gasteiger partial charge in [-0.05, 0) is 36.8 Å². The second kappa shape index (κ2) is 6.11. The monoisotopic (exact) mass is 291 g/mol. The Morgan fingerprint density at radius 2 is 2.05 bits per heavy atom. The van der Waals surface area contributed by atoms with Gasteiger partial charge in [-0.25, -0.2) is 0 Å². The zero-order valence-corrected chi connectivity index (χ0v) is 12.6. The molecule has 1 aromatic carbocycles. The normalized spacial score (nSPS) is 24.6. The SMILES string of the molecule is CNC(=O)c1ccc(NC2CCC(C)C2C)c([N+](=O)[O-])c1. The van der Waals surface area contributed by atoms with E-state index in [0.717, 1.165) is 12.8 Å². The van der Waals surface area contributed by atoms with Gasteiger partial charge in [-0.15, -0.1) is 0 Å². The highest BCUT2D eigenvalue weighted by Gasteiger charge is 2.31. The lowest BCUT2D eigenvalue weighted by molar-refractivity contribution is -0.384. The van der Waals surface area contributed by atoms with Gasteiger partial charge in [-0.3, -0.25) is 14.9 Å². The summed E-state index contributed by atoms with van der Waals surface area (Å²) in [7, 11) is 1.50. The Labute approximate surface area is 124 Å². The summed E-state index contributed by atoms with van der Waals surface area (Å²) >= 11 is 0. The van der Waals surface area contributed by atoms with Gasteiger partial charge in [0.25, 0.3) is 11.6 Å². The van der Waals surface area contributed by atoms with Crippen molar-refractivity contribution in [2.24, 2.45) is 11.8 Å². The number of hydrogen-bond donors (Lipinski definition) is 2. The molecular weight excluding hydrogens is 270 g/mol. The molecule has 0 spiro atoms. The van der Waals surface area contributed by atoms with Crippen LogP contribution >= 0.6 is 0 Å². The van der Waals surface area contributed by atoms with E-state index in [1.807, 2.05) is 0 Å². The second-order valence-electron chi connectivity index (χ2n) is 5.73. The minimum atomic E-state index is -0.447. The number of hydrogen-bond acceptors (Lipinski definition) is 4. The molecule has 2 rings (SSSR count). The van der Waals surface area contributed by atoms with Gasteiger partial charge in [0.1, 0.15) is 5.69 Å². The summed E-state index contributed by atoms with van der Waals surface area (Å²) in [4.78, 5) is 22.4. The Kier molecular flexibility index (Phi) is 4.45. The fourth-order valence-electron chi connectivity index (χ4n) is 2.86. The van der Waals surface area contributed by atoms with Crippen LogP contribution < -0.4 is 10.6 Å². The molecule has 6 nitrogen and oxygen atoms in total. The Hall–Kier alpha value is -2.11. The molecule has 3 unspecified atom stereocenters. The van der Waals surface area contributed by atoms with Crippen molar-refractivity contribution in [3.05, 3.63) is 33.9 Å². The summed E-state index contributed by atoms with van der Waals surface area (Å²) in [6, 6.07) is 4.80. The van der Waals surface area contributed by atoms with Crippen LogP contribution in [0.4, 0.5) is 11.4 Å². The van der Waals surface area contributed by atoms with Gasteiger partial charge < -0.3 is 10.6 Å². The van der Waals surface area contributed by atoms with Crippen LogP contribution in [-0.4, -0.2) is 23.9 Å². The summed E-state index contributed by atoms with van der Waals surface area (Å²) in [5, 5.41) is 17.0. The third kappa shape index (κ3) is 3.15. The van der Waals surface area contributed by atoms with Gasteiger partial charge in [0, 0.05) is 24.7 Å². The lowest BCUT2D eigenvalue weighted by atomic mass is 9.97. The van der Waals surface area contributed by atoms with Gasteiger partial charge in [-0.2, -0.15) is 0 Å². The van der Waals surface area contributed by atoms with Gasteiger partial charge in [0.15, 0.2) is 0 Å². The summed E-state index contributed by atoms with van der Waals surface area (Å²) < 4.78 is 0. The lowest BCUT2D eigenvalue weighted by Gasteiger charge is -2.20. The molecule has 1 aromatic rings. The molecule has 1 aliphatic rings. The molecule has 1 saturated carbocycles. The molecule has 1 amide bonds. The van der Waals surface area contributed by atoms with E-state index in [9.17, 15) is 14.9 Å². The van der Waals surface area contributed by atoms with Gasteiger partial charge in [-0.1, -0.05) is 13.8 Å². The third-order valence-electron chi connectivity index (χ3n) is 4.49. The Balaban J connectivity index is 2.27. The highest BCUT2D eigenvalue weighted by Crippen LogP contribution is 2.35. The standard InChI is InChI=1S/C15H21N3O3/c1-9-4-6-12(10(9)2)17-13-7-5-11(15(19)16-3)8-14(13)18(20)21/h5,7-10,12,17H,4,6H2,1-3H3,(H,16,19). The van der Waals surface area contributed by atoms with Crippen molar-refractivity contribution in [1.29, 1.82) is 0 Å². The number of anilines is 1. The Morgan fingerprint density at radius 1 is 1.33 bits per heavy atom. The highest BCUT2D eigenvalue weighted by atomic mass is 16.6. The predicted molar refractivity (Wildman–Crippen MR) is 81.5 cm³/mol. The van der Waals surface area contributed by atoms with Gasteiger partial charge >= 0.3 is 0 Å². The molecule has 0 saturated heterocycles. The molecule has 6 heteroatoms. The highest BCUT2D eigenvalue weighted by molar-refractivity contribution is 5.95. The molecule has 1 fully saturated rings. The number of carbonyl (C=O) groups is 1. The quantitative estimate of drug-likeness (QED) is 0.660. The van der Waals surface area contributed by atoms with Crippen LogP contribution in [0.25, 0.3) is 0 Å². The van der Waals surface area contributed by atoms with E-state index >= 15 is 0 Å². The summed E-state index contributed by atoms with van der Waals surface area (Å²) in [5.41, 5.74) is 0.726. The predicted octanol–water partition coefficient (Wildman–Crippen LogP) is 2.80. The first-order valence-corrected chi connectivity index (χ1v) is 7.21. The average molecular weight is 291 g/mol. The third-order valence-corrected chi connectivity index (χ3v) is 4.49. The maximum absolute atomic E-state index is 11.6. The molecule has 0 bridgehead atoms. The lowest BCUT2D eigenvalue weighted by Crippen LogP contribution is -2.24. The minimum Gasteiger partial charge on any atom is -0.376 e. The minimum absolute atomic E-state index is 0.0529. The van der Waals surface area contributed by atoms with E-state index < -0.39 is 4.92 Å². The van der Waals surface area contributed by atoms with Gasteiger partial charge in [0.05, 0.1) is 4.92 Å². The number of benzene rings is 1. The number of nitrogens with zero attached hydrogens (tertiary/aromatic N) is 1. The topological polar surface area (TPSA) is 84.3 Å². The number of nitro groups is 1. The van der Waals surface area contributed by atoms with Crippen LogP contribution in [0.1, 0.15) is 37.0 Å². The number of amides is 1. The summed E-state index contributed by atoms with van der Waals surface area (Å²) in [5.74, 6) is 0.766. The molecule has 0 aromatic heterocycles. The molecule has 3 atom stereocenters. The number of rotatable bonds is 4. The van der Waals surface area contributed by atoms with Crippen molar-refractivity contribution in [2.45, 2.75) is 32.7 Å².